The number of fused-ring (bicyclic) bond motifs is 40. The number of ketones is 2. The van der Waals surface area contributed by atoms with Crippen LogP contribution in [-0.4, -0.2) is 223 Å². The zero-order valence-corrected chi connectivity index (χ0v) is 78.0. The van der Waals surface area contributed by atoms with E-state index in [-0.39, 0.29) is 122 Å². The molecule has 6 aromatic carbocycles. The number of benzene rings is 6. The number of carbonyl (C=O) groups is 16. The average Bonchev–Trinajstić information content (AvgIpc) is 1.15. The van der Waals surface area contributed by atoms with E-state index < -0.39 is 211 Å². The molecule has 5 aliphatic heterocycles. The minimum absolute atomic E-state index is 0.0146. The number of amides is 12. The van der Waals surface area contributed by atoms with E-state index in [2.05, 4.69) is 53.2 Å². The quantitative estimate of drug-likeness (QED) is 0.0211. The number of aliphatic carboxylic acids is 1. The van der Waals surface area contributed by atoms with Crippen molar-refractivity contribution < 1.29 is 106 Å². The van der Waals surface area contributed by atoms with Gasteiger partial charge in [-0.2, -0.15) is 11.8 Å². The summed E-state index contributed by atoms with van der Waals surface area (Å²) >= 11 is 1.26. The molecule has 35 nitrogen and oxygen atoms in total. The van der Waals surface area contributed by atoms with Gasteiger partial charge < -0.3 is 98.3 Å². The maximum Gasteiger partial charge on any atom is 0.326 e. The van der Waals surface area contributed by atoms with Crippen LogP contribution in [-0.2, 0) is 136 Å². The van der Waals surface area contributed by atoms with Crippen molar-refractivity contribution in [2.75, 3.05) is 51.9 Å². The average molecular weight is 1870 g/mol. The zero-order chi connectivity index (χ0) is 97.1. The monoisotopic (exact) mass is 1870 g/mol. The number of carboxylic acid groups (broad SMARTS) is 1. The minimum Gasteiger partial charge on any atom is -0.489 e. The molecule has 1 fully saturated rings. The van der Waals surface area contributed by atoms with Crippen LogP contribution in [0.25, 0.3) is 10.8 Å². The number of nitrogens with zero attached hydrogens (tertiary/aromatic N) is 1. The van der Waals surface area contributed by atoms with E-state index >= 15 is 14.4 Å². The van der Waals surface area contributed by atoms with Crippen molar-refractivity contribution in [3.05, 3.63) is 178 Å². The number of nitrogens with one attached hydrogen (secondary N) is 10. The van der Waals surface area contributed by atoms with Crippen molar-refractivity contribution in [1.82, 2.24) is 58.1 Å². The molecule has 0 saturated carbocycles. The van der Waals surface area contributed by atoms with E-state index in [0.29, 0.717) is 63.3 Å². The van der Waals surface area contributed by atoms with Crippen LogP contribution in [0.2, 0.25) is 0 Å². The Bertz CT molecular complexity index is 5080. The van der Waals surface area contributed by atoms with Gasteiger partial charge in [0.15, 0.2) is 11.6 Å². The molecule has 134 heavy (non-hydrogen) atoms. The van der Waals surface area contributed by atoms with E-state index in [9.17, 15) is 67.4 Å². The molecule has 0 aromatic heterocycles. The Morgan fingerprint density at radius 1 is 0.560 bits per heavy atom. The largest absolute Gasteiger partial charge is 0.489 e. The van der Waals surface area contributed by atoms with Gasteiger partial charge in [0.2, 0.25) is 70.9 Å². The highest BCUT2D eigenvalue weighted by molar-refractivity contribution is 7.98. The van der Waals surface area contributed by atoms with Crippen molar-refractivity contribution in [2.24, 2.45) is 35.1 Å². The Kier molecular flexibility index (Phi) is 41.3. The van der Waals surface area contributed by atoms with Crippen LogP contribution in [0, 0.1) is 23.7 Å². The molecule has 5 heterocycles. The Labute approximate surface area is 784 Å². The van der Waals surface area contributed by atoms with Crippen LogP contribution < -0.4 is 74.1 Å². The van der Waals surface area contributed by atoms with E-state index in [1.807, 2.05) is 42.5 Å². The highest BCUT2D eigenvalue weighted by Crippen LogP contribution is 2.30. The van der Waals surface area contributed by atoms with Crippen LogP contribution in [0.15, 0.2) is 140 Å². The van der Waals surface area contributed by atoms with Gasteiger partial charge in [0.1, 0.15) is 79.7 Å². The summed E-state index contributed by atoms with van der Waals surface area (Å²) in [5.74, 6) is -14.8. The summed E-state index contributed by atoms with van der Waals surface area (Å²) in [6, 6.07) is 25.0. The van der Waals surface area contributed by atoms with E-state index in [4.69, 9.17) is 35.2 Å². The number of hydrogen-bond acceptors (Lipinski definition) is 23. The number of carboxylic acids is 1. The van der Waals surface area contributed by atoms with Crippen LogP contribution in [0.4, 0.5) is 0 Å². The predicted molar refractivity (Wildman–Crippen MR) is 498 cm³/mol. The third kappa shape index (κ3) is 33.5. The summed E-state index contributed by atoms with van der Waals surface area (Å²) in [6.45, 7) is 14.0. The number of esters is 1. The first-order valence-corrected chi connectivity index (χ1v) is 46.8. The number of ether oxygens (including phenoxy) is 5. The van der Waals surface area contributed by atoms with Gasteiger partial charge in [0.05, 0.1) is 51.0 Å². The summed E-state index contributed by atoms with van der Waals surface area (Å²) in [5, 5.41) is 39.9. The van der Waals surface area contributed by atoms with Crippen molar-refractivity contribution in [1.29, 1.82) is 0 Å². The van der Waals surface area contributed by atoms with Crippen molar-refractivity contribution >= 4 is 117 Å². The number of rotatable bonds is 25. The number of primary amides is 2. The normalized spacial score (nSPS) is 23.0. The van der Waals surface area contributed by atoms with Crippen molar-refractivity contribution in [3.63, 3.8) is 0 Å². The Balaban J connectivity index is 1.10. The maximum absolute atomic E-state index is 15.5. The summed E-state index contributed by atoms with van der Waals surface area (Å²) in [5.41, 5.74) is 15.7. The number of Topliss-reactive ketones (excluding diaryl/α,β-unsaturated/α-hetero) is 2. The molecule has 5 aliphatic rings. The molecule has 15 N–H and O–H groups in total. The number of hydrogen-bond donors (Lipinski definition) is 13. The summed E-state index contributed by atoms with van der Waals surface area (Å²) in [6.07, 6.45) is -2.82. The first-order chi connectivity index (χ1) is 64.1. The van der Waals surface area contributed by atoms with Crippen molar-refractivity contribution in [3.8, 4) is 11.5 Å². The van der Waals surface area contributed by atoms with Gasteiger partial charge in [-0.15, -0.1) is 0 Å². The summed E-state index contributed by atoms with van der Waals surface area (Å²) in [4.78, 5) is 229. The summed E-state index contributed by atoms with van der Waals surface area (Å²) < 4.78 is 29.1. The van der Waals surface area contributed by atoms with Crippen LogP contribution in [0.1, 0.15) is 159 Å². The van der Waals surface area contributed by atoms with Crippen LogP contribution >= 0.6 is 11.8 Å². The van der Waals surface area contributed by atoms with E-state index in [1.54, 1.807) is 139 Å². The lowest BCUT2D eigenvalue weighted by Gasteiger charge is -2.32. The fraction of sp³-hybridized carbons (Fsp3) is 0.490. The molecule has 13 atom stereocenters. The molecule has 722 valence electrons. The summed E-state index contributed by atoms with van der Waals surface area (Å²) in [7, 11) is 0. The van der Waals surface area contributed by atoms with E-state index in [1.165, 1.54) is 30.5 Å². The molecule has 0 spiro atoms. The lowest BCUT2D eigenvalue weighted by Crippen LogP contribution is -2.60. The van der Waals surface area contributed by atoms with Gasteiger partial charge in [-0.05, 0) is 143 Å². The van der Waals surface area contributed by atoms with Crippen LogP contribution in [0.5, 0.6) is 11.5 Å². The molecule has 13 unspecified atom stereocenters. The first-order valence-electron chi connectivity index (χ1n) is 45.6. The number of carbonyl (C=O) groups excluding carboxylic acids is 15. The number of nitrogens with two attached hydrogens (primary N) is 2. The molecule has 0 radical (unpaired) electrons. The Hall–Kier alpha value is -12.7. The van der Waals surface area contributed by atoms with Gasteiger partial charge in [0, 0.05) is 76.0 Å². The van der Waals surface area contributed by atoms with Gasteiger partial charge in [-0.3, -0.25) is 71.9 Å². The van der Waals surface area contributed by atoms with Crippen molar-refractivity contribution in [2.45, 2.75) is 231 Å². The molecule has 36 heteroatoms. The first kappa shape index (κ1) is 105. The zero-order valence-electron chi connectivity index (χ0n) is 77.1. The smallest absolute Gasteiger partial charge is 0.326 e. The molecule has 8 bridgehead atoms. The molecular formula is C98H127N13O22S. The molecule has 11 rings (SSSR count). The molecule has 0 aliphatic carbocycles. The lowest BCUT2D eigenvalue weighted by atomic mass is 9.87. The highest BCUT2D eigenvalue weighted by atomic mass is 32.2. The van der Waals surface area contributed by atoms with Gasteiger partial charge in [-0.1, -0.05) is 157 Å². The van der Waals surface area contributed by atoms with Gasteiger partial charge in [0.25, 0.3) is 0 Å². The SMILES string of the molecule is CCC(C)C1NC(=O)C(CCC(N)=O)NC(=O)C(CC(C)C)NC(=O)C2CCCN2C(=O)C(C(C)C)CC(=O)C2CSCc3cc(cc(c3)COc3ccc(cc3)CC(NCCOCCOCCOC(C)=O)C(=O)NC(C)C(=O)NC(Cc3cccc4ccccc34)C(=O)NC(CC(N)=O)C(=O)NC(Cc3ccccc3)C(=O)CCC(=O)N2)COc2ccc(cc2)CC(C(=O)O)NC1=O. The third-order valence-electron chi connectivity index (χ3n) is 23.5. The van der Waals surface area contributed by atoms with Crippen LogP contribution in [0.3, 0.4) is 0 Å². The highest BCUT2D eigenvalue weighted by Gasteiger charge is 2.43. The lowest BCUT2D eigenvalue weighted by molar-refractivity contribution is -0.145. The third-order valence-corrected chi connectivity index (χ3v) is 24.6. The molecule has 1 saturated heterocycles. The fourth-order valence-electron chi connectivity index (χ4n) is 16.0. The van der Waals surface area contributed by atoms with E-state index in [0.717, 1.165) is 10.8 Å². The Morgan fingerprint density at radius 2 is 1.15 bits per heavy atom. The second-order valence-corrected chi connectivity index (χ2v) is 36.0. The molecule has 6 aromatic rings. The Morgan fingerprint density at radius 3 is 1.79 bits per heavy atom. The predicted octanol–water partition coefficient (Wildman–Crippen LogP) is 4.66. The number of thioether (sulfide) groups is 1. The maximum atomic E-state index is 15.5. The topological polar surface area (TPSA) is 515 Å². The minimum atomic E-state index is -1.78. The van der Waals surface area contributed by atoms with Gasteiger partial charge >= 0.3 is 11.9 Å². The second kappa shape index (κ2) is 52.7. The molecular weight excluding hydrogens is 1740 g/mol. The fourth-order valence-corrected chi connectivity index (χ4v) is 17.0. The molecule has 12 amide bonds. The standard InChI is InChI=1S/C98H127N13O22S/c1-9-59(6)88-96(125)109-80(98(127)128)49-64-26-30-71(31-27-64)133-54-66-44-65-45-67(46-66)55-134-56-81(84(114)51-73(58(4)5)97(126)111-37-16-23-82(111)95(124)108-77(43-57(2)3)92(121)104-74(90(119)110-88)32-34-85(99)115)103-87(117)35-33-83(113)75(47-62-17-11-10-12-18-62)105-94(123)79(52-86(100)116)107-93(122)78(50-69-21-15-20-68-19-13-14-22-72(68)69)106-89(118)60(7)102-91(120)76(48-63-24-28-70(29-25-63)132-53-65)101-36-38-129-39-40-130-41-42-131-61(8)112/h10-15,17-22,24-31,44-46,57-60,73-82,88,101H,9,16,23,32-43,47-56H2,1-8H3,(H2,99,115)(H2,100,116)(H,102,120)(H,103,117)(H,104,121)(H,105,123)(H,106,118)(H,107,122)(H,108,124)(H,109,125)(H,110,119)(H,127,128). The van der Waals surface area contributed by atoms with Gasteiger partial charge in [-0.25, -0.2) is 4.79 Å². The second-order valence-electron chi connectivity index (χ2n) is 35.0.